The van der Waals surface area contributed by atoms with Gasteiger partial charge in [-0.25, -0.2) is 35.1 Å². The molecule has 11 heteroatoms. The molecule has 0 fully saturated rings. The van der Waals surface area contributed by atoms with Crippen molar-refractivity contribution in [1.29, 1.82) is 10.7 Å². The van der Waals surface area contributed by atoms with Crippen molar-refractivity contribution in [1.82, 2.24) is 0 Å². The molecule has 0 aliphatic heterocycles. The van der Waals surface area contributed by atoms with Crippen molar-refractivity contribution >= 4 is 43.1 Å². The molecule has 0 radical (unpaired) electrons. The third-order valence-electron chi connectivity index (χ3n) is 8.53. The molecule has 0 aliphatic rings. The Morgan fingerprint density at radius 1 is 0.500 bits per heavy atom. The van der Waals surface area contributed by atoms with Crippen molar-refractivity contribution in [2.45, 2.75) is 13.8 Å². The minimum atomic E-state index is -1.58. The van der Waals surface area contributed by atoms with Gasteiger partial charge in [0.2, 0.25) is 6.19 Å². The predicted octanol–water partition coefficient (Wildman–Crippen LogP) is 9.10. The molecule has 0 aliphatic carbocycles. The van der Waals surface area contributed by atoms with E-state index in [1.54, 1.807) is 18.3 Å². The fourth-order valence-corrected chi connectivity index (χ4v) is 6.17. The summed E-state index contributed by atoms with van der Waals surface area (Å²) in [5, 5.41) is 21.5. The minimum absolute atomic E-state index is 0.0675. The molecule has 0 saturated carbocycles. The normalized spacial score (nSPS) is 12.3. The first-order valence-electron chi connectivity index (χ1n) is 13.6. The topological polar surface area (TPSA) is 60.0 Å². The molecule has 0 unspecified atom stereocenters. The zero-order valence-electron chi connectivity index (χ0n) is 23.5. The zero-order chi connectivity index (χ0) is 32.9. The summed E-state index contributed by atoms with van der Waals surface area (Å²) in [6.07, 6.45) is 1.69. The van der Waals surface area contributed by atoms with Crippen LogP contribution in [0.1, 0.15) is 11.1 Å². The highest BCUT2D eigenvalue weighted by molar-refractivity contribution is 6.21. The third kappa shape index (κ3) is 3.76. The van der Waals surface area contributed by atoms with Crippen molar-refractivity contribution in [2.24, 2.45) is 4.99 Å². The number of hydrogen-bond acceptors (Lipinski definition) is 3. The maximum absolute atomic E-state index is 14.9. The summed E-state index contributed by atoms with van der Waals surface area (Å²) in [6, 6.07) is 11.2. The van der Waals surface area contributed by atoms with Crippen LogP contribution in [-0.4, -0.2) is 0 Å². The van der Waals surface area contributed by atoms with Gasteiger partial charge in [0.15, 0.2) is 46.5 Å². The van der Waals surface area contributed by atoms with Crippen LogP contribution in [-0.2, 0) is 0 Å². The predicted molar refractivity (Wildman–Crippen MR) is 156 cm³/mol. The van der Waals surface area contributed by atoms with Gasteiger partial charge in [0.25, 0.3) is 0 Å². The van der Waals surface area contributed by atoms with E-state index in [-0.39, 0.29) is 32.6 Å². The molecule has 7 aromatic carbocycles. The first kappa shape index (κ1) is 29.1. The molecule has 226 valence electrons. The van der Waals surface area contributed by atoms with Crippen LogP contribution in [0.3, 0.4) is 0 Å². The summed E-state index contributed by atoms with van der Waals surface area (Å²) in [5.74, 6) is -12.4. The number of fused-ring (bicyclic) bond motifs is 6. The maximum Gasteiger partial charge on any atom is 0.206 e. The summed E-state index contributed by atoms with van der Waals surface area (Å²) in [4.78, 5) is 3.91. The van der Waals surface area contributed by atoms with Crippen molar-refractivity contribution < 1.29 is 35.1 Å². The SMILES string of the molecule is Cc1c(F)c(F)c(-c2ccc3c(c2)c(=N)c2cc4c(cc23)c(=NC#N)c2cc(-c3c(F)c(F)c(C)c(F)c3F)ccc24)c(F)c1F. The Morgan fingerprint density at radius 2 is 0.870 bits per heavy atom. The lowest BCUT2D eigenvalue weighted by Gasteiger charge is -2.10. The van der Waals surface area contributed by atoms with E-state index in [0.29, 0.717) is 32.3 Å². The van der Waals surface area contributed by atoms with Gasteiger partial charge in [-0.1, -0.05) is 24.3 Å². The average Bonchev–Trinajstić information content (AvgIpc) is 3.50. The number of nitriles is 1. The van der Waals surface area contributed by atoms with Gasteiger partial charge in [-0.2, -0.15) is 10.3 Å². The Kier molecular flexibility index (Phi) is 6.29. The van der Waals surface area contributed by atoms with E-state index < -0.39 is 68.8 Å². The second-order valence-electron chi connectivity index (χ2n) is 10.9. The minimum Gasteiger partial charge on any atom is -0.300 e. The Morgan fingerprint density at radius 3 is 1.35 bits per heavy atom. The largest absolute Gasteiger partial charge is 0.300 e. The summed E-state index contributed by atoms with van der Waals surface area (Å²) in [7, 11) is 0. The van der Waals surface area contributed by atoms with E-state index in [1.807, 2.05) is 0 Å². The van der Waals surface area contributed by atoms with Crippen molar-refractivity contribution in [3.63, 3.8) is 0 Å². The first-order valence-corrected chi connectivity index (χ1v) is 13.6. The quantitative estimate of drug-likeness (QED) is 0.116. The molecule has 0 spiro atoms. The number of nitrogens with zero attached hydrogens (tertiary/aromatic N) is 2. The number of halogens is 8. The lowest BCUT2D eigenvalue weighted by Crippen LogP contribution is -2.03. The van der Waals surface area contributed by atoms with Gasteiger partial charge in [0.05, 0.1) is 21.8 Å². The van der Waals surface area contributed by atoms with Gasteiger partial charge < -0.3 is 0 Å². The highest BCUT2D eigenvalue weighted by Crippen LogP contribution is 2.38. The highest BCUT2D eigenvalue weighted by Gasteiger charge is 2.26. The zero-order valence-corrected chi connectivity index (χ0v) is 23.5. The molecule has 7 aromatic rings. The van der Waals surface area contributed by atoms with Gasteiger partial charge >= 0.3 is 0 Å². The standard InChI is InChI=1S/C35H15F8N3/c1-12-26(36)30(40)24(31(41)27(12)37)14-3-5-16-18-10-23-19(9-21(18)34(45)20(16)7-14)17-6-4-15(8-22(17)35(23)46-11-44)25-32(42)28(38)13(2)29(39)33(25)43/h3-10,45H,1-2H3. The van der Waals surface area contributed by atoms with Crippen LogP contribution in [0.5, 0.6) is 0 Å². The molecule has 0 atom stereocenters. The Bertz CT molecular complexity index is 2620. The maximum atomic E-state index is 14.9. The second kappa shape index (κ2) is 9.94. The van der Waals surface area contributed by atoms with Gasteiger partial charge in [0, 0.05) is 32.7 Å². The van der Waals surface area contributed by atoms with E-state index in [0.717, 1.165) is 13.8 Å². The van der Waals surface area contributed by atoms with E-state index in [1.165, 1.54) is 36.4 Å². The molecule has 0 aromatic heterocycles. The molecule has 7 rings (SSSR count). The monoisotopic (exact) mass is 629 g/mol. The van der Waals surface area contributed by atoms with E-state index >= 15 is 0 Å². The Balaban J connectivity index is 1.51. The summed E-state index contributed by atoms with van der Waals surface area (Å²) >= 11 is 0. The van der Waals surface area contributed by atoms with Crippen LogP contribution in [0.15, 0.2) is 53.5 Å². The van der Waals surface area contributed by atoms with Gasteiger partial charge in [-0.05, 0) is 70.8 Å². The molecular formula is C35H15F8N3. The van der Waals surface area contributed by atoms with Crippen LogP contribution in [0.25, 0.3) is 65.3 Å². The molecule has 46 heavy (non-hydrogen) atoms. The average molecular weight is 630 g/mol. The number of rotatable bonds is 2. The van der Waals surface area contributed by atoms with E-state index in [2.05, 4.69) is 4.99 Å². The highest BCUT2D eigenvalue weighted by atomic mass is 19.2. The fraction of sp³-hybridized carbons (Fsp3) is 0.0571. The molecule has 0 saturated heterocycles. The smallest absolute Gasteiger partial charge is 0.206 e. The van der Waals surface area contributed by atoms with Crippen molar-refractivity contribution in [3.8, 4) is 28.4 Å². The lowest BCUT2D eigenvalue weighted by molar-refractivity contribution is 0.449. The van der Waals surface area contributed by atoms with E-state index in [4.69, 9.17) is 5.41 Å². The molecular weight excluding hydrogens is 614 g/mol. The van der Waals surface area contributed by atoms with Crippen molar-refractivity contribution in [3.05, 3.63) is 117 Å². The molecule has 0 amide bonds. The molecule has 1 N–H and O–H groups in total. The van der Waals surface area contributed by atoms with Gasteiger partial charge in [-0.3, -0.25) is 5.41 Å². The molecule has 0 bridgehead atoms. The van der Waals surface area contributed by atoms with Crippen LogP contribution in [0.2, 0.25) is 0 Å². The Labute approximate surface area is 253 Å². The molecule has 0 heterocycles. The number of benzene rings is 5. The van der Waals surface area contributed by atoms with Crippen molar-refractivity contribution in [2.75, 3.05) is 0 Å². The summed E-state index contributed by atoms with van der Waals surface area (Å²) in [5.41, 5.74) is -3.84. The van der Waals surface area contributed by atoms with Gasteiger partial charge in [-0.15, -0.1) is 0 Å². The fourth-order valence-electron chi connectivity index (χ4n) is 6.17. The number of hydrogen-bond donors (Lipinski definition) is 1. The third-order valence-corrected chi connectivity index (χ3v) is 8.53. The summed E-state index contributed by atoms with van der Waals surface area (Å²) < 4.78 is 117. The molecule has 3 nitrogen and oxygen atoms in total. The van der Waals surface area contributed by atoms with Crippen LogP contribution >= 0.6 is 0 Å². The Hall–Kier alpha value is -5.63. The van der Waals surface area contributed by atoms with E-state index in [9.17, 15) is 40.4 Å². The second-order valence-corrected chi connectivity index (χ2v) is 10.9. The first-order chi connectivity index (χ1) is 21.9. The van der Waals surface area contributed by atoms with Crippen LogP contribution in [0.4, 0.5) is 35.1 Å². The van der Waals surface area contributed by atoms with Gasteiger partial charge in [0.1, 0.15) is 0 Å². The number of nitrogens with one attached hydrogen (secondary N) is 1. The lowest BCUT2D eigenvalue weighted by atomic mass is 9.99. The van der Waals surface area contributed by atoms with Crippen LogP contribution < -0.4 is 10.7 Å². The summed E-state index contributed by atoms with van der Waals surface area (Å²) in [6.45, 7) is 1.82. The van der Waals surface area contributed by atoms with Crippen LogP contribution in [0, 0.1) is 77.2 Å².